The molecule has 0 aliphatic carbocycles. The number of carbonyl (C=O) groups excluding carboxylic acids is 1. The Morgan fingerprint density at radius 3 is 1.92 bits per heavy atom. The average Bonchev–Trinajstić information content (AvgIpc) is 2.66. The van der Waals surface area contributed by atoms with Crippen molar-refractivity contribution in [2.75, 3.05) is 28.4 Å². The molecule has 0 aromatic heterocycles. The predicted molar refractivity (Wildman–Crippen MR) is 91.0 cm³/mol. The number of esters is 1. The zero-order chi connectivity index (χ0) is 19.3. The molecule has 0 atom stereocenters. The highest BCUT2D eigenvalue weighted by atomic mass is 16.5. The van der Waals surface area contributed by atoms with Crippen LogP contribution in [0.1, 0.15) is 20.7 Å². The highest BCUT2D eigenvalue weighted by Crippen LogP contribution is 2.35. The SMILES string of the molecule is COc1cc(OC)c(C(=O)O)c(OC(=O)c2ccc(OC)c(OC)c2)c1. The van der Waals surface area contributed by atoms with Crippen molar-refractivity contribution in [2.24, 2.45) is 0 Å². The zero-order valence-electron chi connectivity index (χ0n) is 14.7. The second-order valence-corrected chi connectivity index (χ2v) is 4.97. The predicted octanol–water partition coefficient (Wildman–Crippen LogP) is 2.64. The van der Waals surface area contributed by atoms with Gasteiger partial charge in [0.05, 0.1) is 34.0 Å². The van der Waals surface area contributed by atoms with Gasteiger partial charge in [-0.25, -0.2) is 9.59 Å². The maximum absolute atomic E-state index is 12.5. The lowest BCUT2D eigenvalue weighted by Gasteiger charge is -2.14. The maximum Gasteiger partial charge on any atom is 0.343 e. The molecule has 0 spiro atoms. The number of ether oxygens (including phenoxy) is 5. The first-order chi connectivity index (χ1) is 12.4. The van der Waals surface area contributed by atoms with Crippen LogP contribution in [0.2, 0.25) is 0 Å². The lowest BCUT2D eigenvalue weighted by Crippen LogP contribution is -2.13. The summed E-state index contributed by atoms with van der Waals surface area (Å²) in [5.74, 6) is -1.22. The third kappa shape index (κ3) is 3.80. The van der Waals surface area contributed by atoms with Gasteiger partial charge in [0.15, 0.2) is 17.2 Å². The van der Waals surface area contributed by atoms with Crippen LogP contribution in [0, 0.1) is 0 Å². The Morgan fingerprint density at radius 2 is 1.38 bits per heavy atom. The number of hydrogen-bond donors (Lipinski definition) is 1. The van der Waals surface area contributed by atoms with Crippen LogP contribution in [0.25, 0.3) is 0 Å². The fraction of sp³-hybridized carbons (Fsp3) is 0.222. The molecule has 1 N–H and O–H groups in total. The number of aromatic carboxylic acids is 1. The number of benzene rings is 2. The summed E-state index contributed by atoms with van der Waals surface area (Å²) < 4.78 is 25.7. The van der Waals surface area contributed by atoms with Gasteiger partial charge in [-0.3, -0.25) is 0 Å². The third-order valence-electron chi connectivity index (χ3n) is 3.53. The average molecular weight is 362 g/mol. The van der Waals surface area contributed by atoms with Gasteiger partial charge in [0.25, 0.3) is 0 Å². The van der Waals surface area contributed by atoms with Crippen molar-refractivity contribution in [1.29, 1.82) is 0 Å². The van der Waals surface area contributed by atoms with Gasteiger partial charge in [-0.15, -0.1) is 0 Å². The Bertz CT molecular complexity index is 828. The minimum Gasteiger partial charge on any atom is -0.496 e. The van der Waals surface area contributed by atoms with Crippen molar-refractivity contribution in [3.63, 3.8) is 0 Å². The molecule has 2 aromatic carbocycles. The fourth-order valence-electron chi connectivity index (χ4n) is 2.26. The van der Waals surface area contributed by atoms with Crippen LogP contribution in [-0.4, -0.2) is 45.5 Å². The third-order valence-corrected chi connectivity index (χ3v) is 3.53. The van der Waals surface area contributed by atoms with Crippen molar-refractivity contribution >= 4 is 11.9 Å². The Morgan fingerprint density at radius 1 is 0.769 bits per heavy atom. The van der Waals surface area contributed by atoms with Gasteiger partial charge in [-0.2, -0.15) is 0 Å². The first-order valence-electron chi connectivity index (χ1n) is 7.38. The highest BCUT2D eigenvalue weighted by Gasteiger charge is 2.23. The van der Waals surface area contributed by atoms with E-state index in [1.807, 2.05) is 0 Å². The number of carboxylic acids is 1. The van der Waals surface area contributed by atoms with E-state index in [-0.39, 0.29) is 28.4 Å². The van der Waals surface area contributed by atoms with Crippen molar-refractivity contribution in [2.45, 2.75) is 0 Å². The molecule has 8 heteroatoms. The number of carboxylic acid groups (broad SMARTS) is 1. The van der Waals surface area contributed by atoms with Gasteiger partial charge in [0.1, 0.15) is 17.1 Å². The molecular weight excluding hydrogens is 344 g/mol. The first kappa shape index (κ1) is 18.9. The second-order valence-electron chi connectivity index (χ2n) is 4.97. The van der Waals surface area contributed by atoms with E-state index in [0.29, 0.717) is 11.5 Å². The quantitative estimate of drug-likeness (QED) is 0.593. The summed E-state index contributed by atoms with van der Waals surface area (Å²) in [6.45, 7) is 0. The summed E-state index contributed by atoms with van der Waals surface area (Å²) in [5.41, 5.74) is -0.136. The van der Waals surface area contributed by atoms with E-state index >= 15 is 0 Å². The summed E-state index contributed by atoms with van der Waals surface area (Å²) >= 11 is 0. The van der Waals surface area contributed by atoms with Crippen molar-refractivity contribution in [3.8, 4) is 28.7 Å². The highest BCUT2D eigenvalue weighted by molar-refractivity contribution is 5.98. The molecule has 8 nitrogen and oxygen atoms in total. The van der Waals surface area contributed by atoms with Gasteiger partial charge < -0.3 is 28.8 Å². The van der Waals surface area contributed by atoms with Crippen molar-refractivity contribution in [1.82, 2.24) is 0 Å². The molecule has 0 aliphatic heterocycles. The molecule has 0 fully saturated rings. The van der Waals surface area contributed by atoms with Gasteiger partial charge in [0, 0.05) is 12.1 Å². The zero-order valence-corrected chi connectivity index (χ0v) is 14.7. The Kier molecular flexibility index (Phi) is 5.90. The Labute approximate surface area is 149 Å². The number of methoxy groups -OCH3 is 4. The van der Waals surface area contributed by atoms with Crippen LogP contribution in [-0.2, 0) is 0 Å². The van der Waals surface area contributed by atoms with E-state index in [0.717, 1.165) is 0 Å². The summed E-state index contributed by atoms with van der Waals surface area (Å²) in [6, 6.07) is 7.13. The van der Waals surface area contributed by atoms with Crippen molar-refractivity contribution in [3.05, 3.63) is 41.5 Å². The standard InChI is InChI=1S/C18H18O8/c1-22-11-8-14(25-4)16(17(19)20)15(9-11)26-18(21)10-5-6-12(23-2)13(7-10)24-3/h5-9H,1-4H3,(H,19,20). The van der Waals surface area contributed by atoms with Crippen LogP contribution < -0.4 is 23.7 Å². The van der Waals surface area contributed by atoms with E-state index in [2.05, 4.69) is 0 Å². The lowest BCUT2D eigenvalue weighted by molar-refractivity contribution is 0.0677. The summed E-state index contributed by atoms with van der Waals surface area (Å²) in [6.07, 6.45) is 0. The van der Waals surface area contributed by atoms with Crippen LogP contribution in [0.15, 0.2) is 30.3 Å². The normalized spacial score (nSPS) is 10.0. The Balaban J connectivity index is 2.44. The largest absolute Gasteiger partial charge is 0.496 e. The van der Waals surface area contributed by atoms with E-state index in [1.54, 1.807) is 6.07 Å². The molecule has 138 valence electrons. The van der Waals surface area contributed by atoms with Crippen LogP contribution in [0.5, 0.6) is 28.7 Å². The molecule has 0 amide bonds. The minimum atomic E-state index is -1.31. The first-order valence-corrected chi connectivity index (χ1v) is 7.38. The number of rotatable bonds is 7. The van der Waals surface area contributed by atoms with Gasteiger partial charge in [-0.1, -0.05) is 0 Å². The molecule has 2 rings (SSSR count). The van der Waals surface area contributed by atoms with E-state index in [9.17, 15) is 14.7 Å². The van der Waals surface area contributed by atoms with Crippen LogP contribution >= 0.6 is 0 Å². The number of hydrogen-bond acceptors (Lipinski definition) is 7. The van der Waals surface area contributed by atoms with Crippen LogP contribution in [0.3, 0.4) is 0 Å². The molecular formula is C18H18O8. The van der Waals surface area contributed by atoms with E-state index < -0.39 is 11.9 Å². The van der Waals surface area contributed by atoms with Crippen LogP contribution in [0.4, 0.5) is 0 Å². The van der Waals surface area contributed by atoms with Gasteiger partial charge >= 0.3 is 11.9 Å². The molecule has 0 unspecified atom stereocenters. The molecule has 0 bridgehead atoms. The van der Waals surface area contributed by atoms with Gasteiger partial charge in [0.2, 0.25) is 0 Å². The fourth-order valence-corrected chi connectivity index (χ4v) is 2.26. The smallest absolute Gasteiger partial charge is 0.343 e. The molecule has 0 heterocycles. The molecule has 0 aliphatic rings. The molecule has 0 saturated carbocycles. The van der Waals surface area contributed by atoms with E-state index in [4.69, 9.17) is 23.7 Å². The Hall–Kier alpha value is -3.42. The maximum atomic E-state index is 12.5. The number of carbonyl (C=O) groups is 2. The minimum absolute atomic E-state index is 0.00645. The second kappa shape index (κ2) is 8.11. The monoisotopic (exact) mass is 362 g/mol. The molecule has 2 aromatic rings. The molecule has 0 saturated heterocycles. The topological polar surface area (TPSA) is 101 Å². The summed E-state index contributed by atoms with van der Waals surface area (Å²) in [7, 11) is 5.61. The van der Waals surface area contributed by atoms with Gasteiger partial charge in [-0.05, 0) is 18.2 Å². The van der Waals surface area contributed by atoms with E-state index in [1.165, 1.54) is 52.7 Å². The molecule has 26 heavy (non-hydrogen) atoms. The van der Waals surface area contributed by atoms with Crippen molar-refractivity contribution < 1.29 is 38.4 Å². The summed E-state index contributed by atoms with van der Waals surface area (Å²) in [4.78, 5) is 24.0. The summed E-state index contributed by atoms with van der Waals surface area (Å²) in [5, 5.41) is 9.43. The lowest BCUT2D eigenvalue weighted by atomic mass is 10.1. The molecule has 0 radical (unpaired) electrons.